The van der Waals surface area contributed by atoms with Gasteiger partial charge in [0, 0.05) is 5.56 Å². The van der Waals surface area contributed by atoms with E-state index in [1.54, 1.807) is 50.1 Å². The Hall–Kier alpha value is -2.04. The average Bonchev–Trinajstić information content (AvgIpc) is 2.41. The fraction of sp³-hybridized carbons (Fsp3) is 0.429. The fourth-order valence-electron chi connectivity index (χ4n) is 2.04. The van der Waals surface area contributed by atoms with Gasteiger partial charge in [0.05, 0.1) is 13.7 Å². The number of hydrogen-bond donors (Lipinski definition) is 0. The minimum Gasteiger partial charge on any atom is -0.497 e. The second kappa shape index (κ2) is 4.91. The maximum absolute atomic E-state index is 12.4. The highest BCUT2D eigenvalue weighted by molar-refractivity contribution is 5.98. The van der Waals surface area contributed by atoms with E-state index in [2.05, 4.69) is 0 Å². The van der Waals surface area contributed by atoms with E-state index in [0.717, 1.165) is 0 Å². The third kappa shape index (κ3) is 2.41. The van der Waals surface area contributed by atoms with Gasteiger partial charge in [-0.05, 0) is 38.1 Å². The molecule has 0 unspecified atom stereocenters. The van der Waals surface area contributed by atoms with Crippen molar-refractivity contribution in [3.63, 3.8) is 0 Å². The molecule has 0 aromatic heterocycles. The molecule has 0 radical (unpaired) electrons. The number of ether oxygens (including phenoxy) is 2. The van der Waals surface area contributed by atoms with Gasteiger partial charge in [-0.25, -0.2) is 4.79 Å². The molecule has 1 aromatic rings. The predicted octanol–water partition coefficient (Wildman–Crippen LogP) is 1.47. The molecule has 2 rings (SSSR count). The van der Waals surface area contributed by atoms with Crippen LogP contribution in [0.25, 0.3) is 0 Å². The summed E-state index contributed by atoms with van der Waals surface area (Å²) in [6.07, 6.45) is 0. The Bertz CT molecular complexity index is 493. The Morgan fingerprint density at radius 1 is 1.32 bits per heavy atom. The third-order valence-corrected chi connectivity index (χ3v) is 3.30. The zero-order chi connectivity index (χ0) is 14.0. The molecule has 5 nitrogen and oxygen atoms in total. The molecule has 1 aliphatic rings. The molecule has 0 saturated carbocycles. The van der Waals surface area contributed by atoms with Gasteiger partial charge in [0.2, 0.25) is 0 Å². The Morgan fingerprint density at radius 3 is 2.53 bits per heavy atom. The number of nitrogens with zero attached hydrogens (tertiary/aromatic N) is 1. The molecule has 1 fully saturated rings. The van der Waals surface area contributed by atoms with Crippen LogP contribution in [0.3, 0.4) is 0 Å². The van der Waals surface area contributed by atoms with Crippen LogP contribution < -0.4 is 4.74 Å². The molecule has 19 heavy (non-hydrogen) atoms. The van der Waals surface area contributed by atoms with Crippen molar-refractivity contribution in [1.29, 1.82) is 0 Å². The Balaban J connectivity index is 2.24. The number of cyclic esters (lactones) is 1. The lowest BCUT2D eigenvalue weighted by atomic mass is 10.00. The number of benzene rings is 1. The van der Waals surface area contributed by atoms with Crippen LogP contribution in [0.1, 0.15) is 24.2 Å². The van der Waals surface area contributed by atoms with Gasteiger partial charge < -0.3 is 14.4 Å². The first-order valence-electron chi connectivity index (χ1n) is 6.10. The second-order valence-corrected chi connectivity index (χ2v) is 4.88. The van der Waals surface area contributed by atoms with Crippen molar-refractivity contribution in [2.24, 2.45) is 0 Å². The van der Waals surface area contributed by atoms with Gasteiger partial charge >= 0.3 is 5.97 Å². The number of carbonyl (C=O) groups excluding carboxylic acids is 2. The van der Waals surface area contributed by atoms with Crippen molar-refractivity contribution in [2.75, 3.05) is 20.3 Å². The third-order valence-electron chi connectivity index (χ3n) is 3.30. The summed E-state index contributed by atoms with van der Waals surface area (Å²) < 4.78 is 10.0. The van der Waals surface area contributed by atoms with E-state index in [1.165, 1.54) is 0 Å². The summed E-state index contributed by atoms with van der Waals surface area (Å²) in [6.45, 7) is 4.03. The smallest absolute Gasteiger partial charge is 0.331 e. The maximum atomic E-state index is 12.4. The van der Waals surface area contributed by atoms with E-state index in [1.807, 2.05) is 0 Å². The van der Waals surface area contributed by atoms with E-state index in [9.17, 15) is 9.59 Å². The van der Waals surface area contributed by atoms with Crippen LogP contribution >= 0.6 is 0 Å². The average molecular weight is 263 g/mol. The fourth-order valence-corrected chi connectivity index (χ4v) is 2.04. The lowest BCUT2D eigenvalue weighted by Crippen LogP contribution is -2.58. The molecule has 0 bridgehead atoms. The van der Waals surface area contributed by atoms with E-state index in [-0.39, 0.29) is 18.5 Å². The maximum Gasteiger partial charge on any atom is 0.331 e. The monoisotopic (exact) mass is 263 g/mol. The Labute approximate surface area is 112 Å². The number of methoxy groups -OCH3 is 1. The molecular formula is C14H17NO4. The molecule has 0 N–H and O–H groups in total. The lowest BCUT2D eigenvalue weighted by Gasteiger charge is -2.40. The van der Waals surface area contributed by atoms with Gasteiger partial charge in [0.25, 0.3) is 5.91 Å². The first-order valence-corrected chi connectivity index (χ1v) is 6.10. The molecule has 1 aromatic carbocycles. The molecular weight excluding hydrogens is 246 g/mol. The molecule has 0 aliphatic carbocycles. The van der Waals surface area contributed by atoms with Gasteiger partial charge in [-0.2, -0.15) is 0 Å². The van der Waals surface area contributed by atoms with E-state index < -0.39 is 5.54 Å². The number of rotatable bonds is 2. The normalized spacial score (nSPS) is 17.8. The van der Waals surface area contributed by atoms with Gasteiger partial charge in [-0.3, -0.25) is 4.79 Å². The van der Waals surface area contributed by atoms with Crippen LogP contribution in [0.15, 0.2) is 24.3 Å². The van der Waals surface area contributed by atoms with Gasteiger partial charge in [-0.1, -0.05) is 0 Å². The highest BCUT2D eigenvalue weighted by Crippen LogP contribution is 2.23. The van der Waals surface area contributed by atoms with Crippen LogP contribution in [-0.2, 0) is 9.53 Å². The number of hydrogen-bond acceptors (Lipinski definition) is 4. The quantitative estimate of drug-likeness (QED) is 0.758. The lowest BCUT2D eigenvalue weighted by molar-refractivity contribution is -0.162. The molecule has 102 valence electrons. The van der Waals surface area contributed by atoms with Crippen molar-refractivity contribution < 1.29 is 19.1 Å². The number of carbonyl (C=O) groups is 2. The SMILES string of the molecule is COc1ccc(C(=O)N2CCOC(=O)C2(C)C)cc1. The predicted molar refractivity (Wildman–Crippen MR) is 69.1 cm³/mol. The van der Waals surface area contributed by atoms with Gasteiger partial charge in [0.1, 0.15) is 17.9 Å². The molecule has 5 heteroatoms. The summed E-state index contributed by atoms with van der Waals surface area (Å²) in [4.78, 5) is 25.7. The number of esters is 1. The van der Waals surface area contributed by atoms with Crippen LogP contribution in [0, 0.1) is 0 Å². The molecule has 0 atom stereocenters. The largest absolute Gasteiger partial charge is 0.497 e. The van der Waals surface area contributed by atoms with Crippen molar-refractivity contribution in [1.82, 2.24) is 4.90 Å². The van der Waals surface area contributed by atoms with Crippen molar-refractivity contribution in [2.45, 2.75) is 19.4 Å². The van der Waals surface area contributed by atoms with Gasteiger partial charge in [0.15, 0.2) is 0 Å². The zero-order valence-corrected chi connectivity index (χ0v) is 11.3. The molecule has 1 saturated heterocycles. The van der Waals surface area contributed by atoms with E-state index >= 15 is 0 Å². The number of amides is 1. The molecule has 1 heterocycles. The standard InChI is InChI=1S/C14H17NO4/c1-14(2)13(17)19-9-8-15(14)12(16)10-4-6-11(18-3)7-5-10/h4-7H,8-9H2,1-3H3. The van der Waals surface area contributed by atoms with E-state index in [0.29, 0.717) is 17.9 Å². The van der Waals surface area contributed by atoms with Crippen molar-refractivity contribution in [3.8, 4) is 5.75 Å². The van der Waals surface area contributed by atoms with Crippen LogP contribution in [0.2, 0.25) is 0 Å². The first-order chi connectivity index (χ1) is 8.96. The van der Waals surface area contributed by atoms with Crippen LogP contribution in [0.4, 0.5) is 0 Å². The number of morpholine rings is 1. The highest BCUT2D eigenvalue weighted by atomic mass is 16.5. The highest BCUT2D eigenvalue weighted by Gasteiger charge is 2.42. The van der Waals surface area contributed by atoms with Crippen LogP contribution in [0.5, 0.6) is 5.75 Å². The summed E-state index contributed by atoms with van der Waals surface area (Å²) in [5.41, 5.74) is -0.404. The summed E-state index contributed by atoms with van der Waals surface area (Å²) in [5.74, 6) is 0.138. The summed E-state index contributed by atoms with van der Waals surface area (Å²) >= 11 is 0. The molecule has 1 aliphatic heterocycles. The van der Waals surface area contributed by atoms with Gasteiger partial charge in [-0.15, -0.1) is 0 Å². The second-order valence-electron chi connectivity index (χ2n) is 4.88. The topological polar surface area (TPSA) is 55.8 Å². The Kier molecular flexibility index (Phi) is 3.46. The van der Waals surface area contributed by atoms with Crippen molar-refractivity contribution in [3.05, 3.63) is 29.8 Å². The van der Waals surface area contributed by atoms with Crippen LogP contribution in [-0.4, -0.2) is 42.6 Å². The minimum absolute atomic E-state index is 0.177. The summed E-state index contributed by atoms with van der Waals surface area (Å²) in [6, 6.07) is 6.83. The Morgan fingerprint density at radius 2 is 1.95 bits per heavy atom. The molecule has 0 spiro atoms. The molecule has 1 amide bonds. The minimum atomic E-state index is -0.935. The zero-order valence-electron chi connectivity index (χ0n) is 11.3. The van der Waals surface area contributed by atoms with Crippen molar-refractivity contribution >= 4 is 11.9 Å². The van der Waals surface area contributed by atoms with E-state index in [4.69, 9.17) is 9.47 Å². The summed E-state index contributed by atoms with van der Waals surface area (Å²) in [7, 11) is 1.57. The summed E-state index contributed by atoms with van der Waals surface area (Å²) in [5, 5.41) is 0. The first kappa shape index (κ1) is 13.4.